The zero-order valence-corrected chi connectivity index (χ0v) is 11.0. The van der Waals surface area contributed by atoms with Gasteiger partial charge >= 0.3 is 0 Å². The summed E-state index contributed by atoms with van der Waals surface area (Å²) in [5.41, 5.74) is 1.75. The molecule has 2 aromatic rings. The molecular formula is C13H15N3OS. The Hall–Kier alpha value is -1.75. The van der Waals surface area contributed by atoms with Crippen LogP contribution in [0.3, 0.4) is 0 Å². The van der Waals surface area contributed by atoms with Crippen LogP contribution in [0.1, 0.15) is 25.5 Å². The Morgan fingerprint density at radius 3 is 3.06 bits per heavy atom. The molecule has 0 saturated carbocycles. The van der Waals surface area contributed by atoms with Gasteiger partial charge in [0.1, 0.15) is 5.01 Å². The van der Waals surface area contributed by atoms with E-state index in [1.165, 1.54) is 0 Å². The SMILES string of the molecule is CCCC(=O)NCc1csc(-c2ccccn2)n1. The summed E-state index contributed by atoms with van der Waals surface area (Å²) in [4.78, 5) is 20.0. The second-order valence-electron chi connectivity index (χ2n) is 3.89. The van der Waals surface area contributed by atoms with E-state index in [0.717, 1.165) is 22.8 Å². The van der Waals surface area contributed by atoms with E-state index in [-0.39, 0.29) is 5.91 Å². The van der Waals surface area contributed by atoms with Crippen LogP contribution in [0.4, 0.5) is 0 Å². The van der Waals surface area contributed by atoms with Crippen molar-refractivity contribution in [3.8, 4) is 10.7 Å². The lowest BCUT2D eigenvalue weighted by atomic mass is 10.3. The molecule has 0 radical (unpaired) electrons. The second kappa shape index (κ2) is 6.26. The lowest BCUT2D eigenvalue weighted by Crippen LogP contribution is -2.22. The minimum Gasteiger partial charge on any atom is -0.350 e. The molecule has 5 heteroatoms. The van der Waals surface area contributed by atoms with Crippen LogP contribution >= 0.6 is 11.3 Å². The number of rotatable bonds is 5. The fourth-order valence-corrected chi connectivity index (χ4v) is 2.29. The zero-order chi connectivity index (χ0) is 12.8. The Bertz CT molecular complexity index is 510. The summed E-state index contributed by atoms with van der Waals surface area (Å²) in [7, 11) is 0. The average Bonchev–Trinajstić information content (AvgIpc) is 2.87. The van der Waals surface area contributed by atoms with Gasteiger partial charge in [0, 0.05) is 18.0 Å². The maximum atomic E-state index is 11.3. The van der Waals surface area contributed by atoms with Gasteiger partial charge in [0.05, 0.1) is 17.9 Å². The van der Waals surface area contributed by atoms with Crippen LogP contribution in [0.15, 0.2) is 29.8 Å². The molecule has 0 aliphatic carbocycles. The van der Waals surface area contributed by atoms with Gasteiger partial charge < -0.3 is 5.32 Å². The molecule has 0 spiro atoms. The Labute approximate surface area is 110 Å². The molecule has 4 nitrogen and oxygen atoms in total. The van der Waals surface area contributed by atoms with E-state index in [2.05, 4.69) is 15.3 Å². The van der Waals surface area contributed by atoms with Gasteiger partial charge in [0.2, 0.25) is 5.91 Å². The van der Waals surface area contributed by atoms with Crippen molar-refractivity contribution < 1.29 is 4.79 Å². The number of hydrogen-bond donors (Lipinski definition) is 1. The molecule has 0 unspecified atom stereocenters. The number of nitrogens with zero attached hydrogens (tertiary/aromatic N) is 2. The van der Waals surface area contributed by atoms with Gasteiger partial charge in [-0.25, -0.2) is 4.98 Å². The molecule has 2 aromatic heterocycles. The van der Waals surface area contributed by atoms with Crippen molar-refractivity contribution in [2.45, 2.75) is 26.3 Å². The van der Waals surface area contributed by atoms with E-state index in [1.54, 1.807) is 17.5 Å². The van der Waals surface area contributed by atoms with Gasteiger partial charge in [0.25, 0.3) is 0 Å². The predicted octanol–water partition coefficient (Wildman–Crippen LogP) is 2.62. The quantitative estimate of drug-likeness (QED) is 0.900. The lowest BCUT2D eigenvalue weighted by Gasteiger charge is -2.00. The number of carbonyl (C=O) groups excluding carboxylic acids is 1. The van der Waals surface area contributed by atoms with E-state index in [4.69, 9.17) is 0 Å². The highest BCUT2D eigenvalue weighted by atomic mass is 32.1. The van der Waals surface area contributed by atoms with Crippen LogP contribution in [-0.4, -0.2) is 15.9 Å². The standard InChI is InChI=1S/C13H15N3OS/c1-2-5-12(17)15-8-10-9-18-13(16-10)11-6-3-4-7-14-11/h3-4,6-7,9H,2,5,8H2,1H3,(H,15,17). The van der Waals surface area contributed by atoms with Gasteiger partial charge in [-0.1, -0.05) is 13.0 Å². The van der Waals surface area contributed by atoms with Crippen LogP contribution in [0, 0.1) is 0 Å². The van der Waals surface area contributed by atoms with Gasteiger partial charge in [-0.3, -0.25) is 9.78 Å². The van der Waals surface area contributed by atoms with Gasteiger partial charge in [0.15, 0.2) is 0 Å². The summed E-state index contributed by atoms with van der Waals surface area (Å²) in [6.07, 6.45) is 3.18. The first-order chi connectivity index (χ1) is 8.79. The van der Waals surface area contributed by atoms with Crippen molar-refractivity contribution in [3.63, 3.8) is 0 Å². The van der Waals surface area contributed by atoms with E-state index in [1.807, 2.05) is 30.5 Å². The first-order valence-corrected chi connectivity index (χ1v) is 6.80. The summed E-state index contributed by atoms with van der Waals surface area (Å²) in [6.45, 7) is 2.48. The molecule has 0 aromatic carbocycles. The van der Waals surface area contributed by atoms with Crippen molar-refractivity contribution in [2.24, 2.45) is 0 Å². The number of thiazole rings is 1. The van der Waals surface area contributed by atoms with Crippen molar-refractivity contribution in [1.82, 2.24) is 15.3 Å². The van der Waals surface area contributed by atoms with E-state index in [9.17, 15) is 4.79 Å². The molecule has 18 heavy (non-hydrogen) atoms. The summed E-state index contributed by atoms with van der Waals surface area (Å²) in [5.74, 6) is 0.0740. The van der Waals surface area contributed by atoms with Gasteiger partial charge in [-0.05, 0) is 18.6 Å². The van der Waals surface area contributed by atoms with Crippen LogP contribution in [0.5, 0.6) is 0 Å². The maximum Gasteiger partial charge on any atom is 0.220 e. The van der Waals surface area contributed by atoms with Crippen molar-refractivity contribution in [3.05, 3.63) is 35.5 Å². The summed E-state index contributed by atoms with van der Waals surface area (Å²) in [6, 6.07) is 5.74. The molecule has 0 aliphatic rings. The third kappa shape index (κ3) is 3.37. The van der Waals surface area contributed by atoms with Crippen LogP contribution in [0.2, 0.25) is 0 Å². The van der Waals surface area contributed by atoms with Crippen molar-refractivity contribution in [1.29, 1.82) is 0 Å². The molecular weight excluding hydrogens is 246 g/mol. The molecule has 0 atom stereocenters. The van der Waals surface area contributed by atoms with Crippen molar-refractivity contribution in [2.75, 3.05) is 0 Å². The first-order valence-electron chi connectivity index (χ1n) is 5.92. The Morgan fingerprint density at radius 2 is 2.33 bits per heavy atom. The second-order valence-corrected chi connectivity index (χ2v) is 4.74. The largest absolute Gasteiger partial charge is 0.350 e. The number of pyridine rings is 1. The van der Waals surface area contributed by atoms with E-state index >= 15 is 0 Å². The fourth-order valence-electron chi connectivity index (χ4n) is 1.50. The zero-order valence-electron chi connectivity index (χ0n) is 10.2. The van der Waals surface area contributed by atoms with Crippen LogP contribution < -0.4 is 5.32 Å². The highest BCUT2D eigenvalue weighted by Crippen LogP contribution is 2.21. The third-order valence-electron chi connectivity index (χ3n) is 2.38. The molecule has 0 bridgehead atoms. The number of aromatic nitrogens is 2. The Kier molecular flexibility index (Phi) is 4.41. The van der Waals surface area contributed by atoms with Gasteiger partial charge in [-0.15, -0.1) is 11.3 Å². The third-order valence-corrected chi connectivity index (χ3v) is 3.29. The minimum atomic E-state index is 0.0740. The van der Waals surface area contributed by atoms with Gasteiger partial charge in [-0.2, -0.15) is 0 Å². The lowest BCUT2D eigenvalue weighted by molar-refractivity contribution is -0.121. The predicted molar refractivity (Wildman–Crippen MR) is 72.1 cm³/mol. The monoisotopic (exact) mass is 261 g/mol. The van der Waals surface area contributed by atoms with Crippen LogP contribution in [0.25, 0.3) is 10.7 Å². The van der Waals surface area contributed by atoms with Crippen LogP contribution in [-0.2, 0) is 11.3 Å². The summed E-state index contributed by atoms with van der Waals surface area (Å²) < 4.78 is 0. The minimum absolute atomic E-state index is 0.0740. The topological polar surface area (TPSA) is 54.9 Å². The molecule has 2 rings (SSSR count). The first kappa shape index (κ1) is 12.7. The average molecular weight is 261 g/mol. The highest BCUT2D eigenvalue weighted by Gasteiger charge is 2.06. The molecule has 1 N–H and O–H groups in total. The molecule has 0 fully saturated rings. The maximum absolute atomic E-state index is 11.3. The van der Waals surface area contributed by atoms with Crippen molar-refractivity contribution >= 4 is 17.2 Å². The Balaban J connectivity index is 1.97. The number of carbonyl (C=O) groups is 1. The summed E-state index contributed by atoms with van der Waals surface area (Å²) in [5, 5.41) is 5.69. The number of amides is 1. The molecule has 0 aliphatic heterocycles. The molecule has 0 saturated heterocycles. The Morgan fingerprint density at radius 1 is 1.44 bits per heavy atom. The fraction of sp³-hybridized carbons (Fsp3) is 0.308. The smallest absolute Gasteiger partial charge is 0.220 e. The van der Waals surface area contributed by atoms with E-state index in [0.29, 0.717) is 13.0 Å². The highest BCUT2D eigenvalue weighted by molar-refractivity contribution is 7.13. The number of hydrogen-bond acceptors (Lipinski definition) is 4. The molecule has 2 heterocycles. The molecule has 1 amide bonds. The molecule has 94 valence electrons. The summed E-state index contributed by atoms with van der Waals surface area (Å²) >= 11 is 1.54. The number of nitrogens with one attached hydrogen (secondary N) is 1. The normalized spacial score (nSPS) is 10.3. The van der Waals surface area contributed by atoms with E-state index < -0.39 is 0 Å².